The minimum absolute atomic E-state index is 0.000279. The molecule has 106 valence electrons. The average Bonchev–Trinajstić information content (AvgIpc) is 2.25. The lowest BCUT2D eigenvalue weighted by atomic mass is 10.6. The lowest BCUT2D eigenvalue weighted by Crippen LogP contribution is -2.24. The Balaban J connectivity index is -0.000000266. The molecule has 7 heteroatoms. The summed E-state index contributed by atoms with van der Waals surface area (Å²) in [4.78, 5) is 10.4. The fourth-order valence-electron chi connectivity index (χ4n) is 0.422. The topological polar surface area (TPSA) is 75.3 Å². The molecule has 0 aromatic rings. The maximum Gasteiger partial charge on any atom is 0.208 e. The van der Waals surface area contributed by atoms with E-state index in [1.165, 1.54) is 13.3 Å². The third-order valence-corrected chi connectivity index (χ3v) is 2.31. The molecule has 0 aromatic heterocycles. The van der Waals surface area contributed by atoms with Crippen LogP contribution in [-0.2, 0) is 14.8 Å². The number of nitrogens with one attached hydrogen (secondary N) is 2. The molecule has 0 amide bonds. The summed E-state index contributed by atoms with van der Waals surface area (Å²) in [5.41, 5.74) is 0. The van der Waals surface area contributed by atoms with E-state index in [1.54, 1.807) is 7.05 Å². The summed E-state index contributed by atoms with van der Waals surface area (Å²) >= 11 is 1.11. The van der Waals surface area contributed by atoms with Gasteiger partial charge in [-0.15, -0.1) is 0 Å². The second-order valence-electron chi connectivity index (χ2n) is 3.00. The van der Waals surface area contributed by atoms with E-state index in [4.69, 9.17) is 2.74 Å². The number of carbonyl (C=O) groups is 1. The van der Waals surface area contributed by atoms with E-state index < -0.39 is 17.0 Å². The van der Waals surface area contributed by atoms with E-state index in [0.717, 1.165) is 18.0 Å². The van der Waals surface area contributed by atoms with Gasteiger partial charge < -0.3 is 5.32 Å². The van der Waals surface area contributed by atoms with Gasteiger partial charge in [0.05, 0.1) is 6.26 Å². The zero-order valence-corrected chi connectivity index (χ0v) is 12.9. The molecule has 0 heterocycles. The Bertz CT molecular complexity index is 299. The zero-order valence-electron chi connectivity index (χ0n) is 13.2. The molecule has 0 unspecified atom stereocenters. The number of rotatable bonds is 4. The number of hydrogen-bond acceptors (Lipinski definition) is 5. The molecule has 0 aromatic carbocycles. The summed E-state index contributed by atoms with van der Waals surface area (Å²) in [6.45, 7) is 5.14. The van der Waals surface area contributed by atoms with Crippen LogP contribution in [0.5, 0.6) is 0 Å². The quantitative estimate of drug-likeness (QED) is 0.758. The fourth-order valence-corrected chi connectivity index (χ4v) is 1.52. The van der Waals surface area contributed by atoms with Crippen molar-refractivity contribution in [2.75, 3.05) is 32.6 Å². The van der Waals surface area contributed by atoms with Crippen molar-refractivity contribution in [3.8, 4) is 0 Å². The second-order valence-corrected chi connectivity index (χ2v) is 6.11. The number of hydrogen-bond donors (Lipinski definition) is 2. The van der Waals surface area contributed by atoms with Crippen molar-refractivity contribution >= 4 is 26.9 Å². The van der Waals surface area contributed by atoms with Crippen molar-refractivity contribution in [3.63, 3.8) is 0 Å². The van der Waals surface area contributed by atoms with E-state index in [0.29, 0.717) is 12.3 Å². The smallest absolute Gasteiger partial charge is 0.208 e. The summed E-state index contributed by atoms with van der Waals surface area (Å²) in [7, 11) is -1.52. The van der Waals surface area contributed by atoms with Gasteiger partial charge in [-0.2, -0.15) is 0 Å². The van der Waals surface area contributed by atoms with Crippen LogP contribution in [-0.4, -0.2) is 46.1 Å². The molecule has 0 spiro atoms. The first-order valence-electron chi connectivity index (χ1n) is 6.35. The molecule has 0 fully saturated rings. The molecule has 0 saturated heterocycles. The molecule has 0 rings (SSSR count). The normalized spacial score (nSPS) is 11.4. The summed E-state index contributed by atoms with van der Waals surface area (Å²) in [6, 6.07) is 0. The molecule has 5 nitrogen and oxygen atoms in total. The third-order valence-electron chi connectivity index (χ3n) is 0.772. The van der Waals surface area contributed by atoms with Crippen molar-refractivity contribution in [3.05, 3.63) is 0 Å². The van der Waals surface area contributed by atoms with E-state index in [-0.39, 0.29) is 5.12 Å². The van der Waals surface area contributed by atoms with Gasteiger partial charge in [0.1, 0.15) is 0 Å². The zero-order chi connectivity index (χ0) is 15.9. The van der Waals surface area contributed by atoms with Crippen molar-refractivity contribution in [1.29, 1.82) is 0 Å². The van der Waals surface area contributed by atoms with Crippen molar-refractivity contribution in [1.82, 2.24) is 10.0 Å². The first-order valence-corrected chi connectivity index (χ1v) is 8.08. The molecule has 2 N–H and O–H groups in total. The lowest BCUT2D eigenvalue weighted by molar-refractivity contribution is -0.109. The highest BCUT2D eigenvalue weighted by Crippen LogP contribution is 1.98. The molecule has 0 atom stereocenters. The van der Waals surface area contributed by atoms with Crippen LogP contribution in [0.15, 0.2) is 0 Å². The van der Waals surface area contributed by atoms with Gasteiger partial charge in [0.25, 0.3) is 0 Å². The van der Waals surface area contributed by atoms with Crippen molar-refractivity contribution < 1.29 is 16.0 Å². The third kappa shape index (κ3) is 49.2. The largest absolute Gasteiger partial charge is 0.323 e. The number of thioether (sulfide) groups is 1. The standard InChI is InChI=1S/C5H11NO3S2.C3H8.C2H7N/c1-5(7)10-4-3-6-11(2,8)9;2*1-3-2/h6H,3-4H2,1-2H3;3H2,1-2H3;3H,1-2H3/i;;1T2. The van der Waals surface area contributed by atoms with Crippen LogP contribution in [0.2, 0.25) is 0 Å². The maximum absolute atomic E-state index is 10.5. The Morgan fingerprint density at radius 2 is 1.82 bits per heavy atom. The van der Waals surface area contributed by atoms with Crippen LogP contribution in [0.1, 0.15) is 29.9 Å². The maximum atomic E-state index is 10.5. The van der Waals surface area contributed by atoms with Crippen LogP contribution in [0, 0.1) is 0 Å². The highest BCUT2D eigenvalue weighted by molar-refractivity contribution is 8.13. The van der Waals surface area contributed by atoms with Crippen LogP contribution in [0.3, 0.4) is 0 Å². The predicted molar refractivity (Wildman–Crippen MR) is 76.9 cm³/mol. The molecule has 0 radical (unpaired) electrons. The van der Waals surface area contributed by atoms with Gasteiger partial charge in [-0.1, -0.05) is 32.0 Å². The summed E-state index contributed by atoms with van der Waals surface area (Å²) < 4.78 is 36.0. The Hall–Kier alpha value is -0.110. The monoisotopic (exact) mass is 290 g/mol. The highest BCUT2D eigenvalue weighted by Gasteiger charge is 1.99. The van der Waals surface area contributed by atoms with Gasteiger partial charge in [-0.25, -0.2) is 13.1 Å². The minimum atomic E-state index is -3.10. The molecular formula is C10H26N2O3S2. The molecule has 17 heavy (non-hydrogen) atoms. The van der Waals surface area contributed by atoms with Crippen LogP contribution >= 0.6 is 11.8 Å². The average molecular weight is 290 g/mol. The molecular weight excluding hydrogens is 260 g/mol. The second kappa shape index (κ2) is 15.9. The Labute approximate surface area is 113 Å². The van der Waals surface area contributed by atoms with E-state index in [9.17, 15) is 13.2 Å². The Kier molecular flexibility index (Phi) is 15.8. The van der Waals surface area contributed by atoms with Gasteiger partial charge >= 0.3 is 0 Å². The van der Waals surface area contributed by atoms with Gasteiger partial charge in [-0.05, 0) is 14.0 Å². The number of carbonyl (C=O) groups excluding carboxylic acids is 1. The van der Waals surface area contributed by atoms with Crippen LogP contribution < -0.4 is 10.0 Å². The summed E-state index contributed by atoms with van der Waals surface area (Å²) in [5, 5.41) is 2.36. The van der Waals surface area contributed by atoms with Crippen molar-refractivity contribution in [2.45, 2.75) is 27.2 Å². The van der Waals surface area contributed by atoms with E-state index >= 15 is 0 Å². The van der Waals surface area contributed by atoms with E-state index in [2.05, 4.69) is 23.9 Å². The molecule has 0 aliphatic carbocycles. The molecule has 0 aliphatic heterocycles. The molecule has 0 saturated carbocycles. The van der Waals surface area contributed by atoms with E-state index in [1.807, 2.05) is 0 Å². The van der Waals surface area contributed by atoms with Gasteiger partial charge in [-0.3, -0.25) is 4.79 Å². The van der Waals surface area contributed by atoms with Gasteiger partial charge in [0.15, 0.2) is 5.12 Å². The first kappa shape index (κ1) is 16.9. The minimum Gasteiger partial charge on any atom is -0.323 e. The first-order chi connectivity index (χ1) is 8.60. The summed E-state index contributed by atoms with van der Waals surface area (Å²) in [5.74, 6) is 0.488. The summed E-state index contributed by atoms with van der Waals surface area (Å²) in [6.07, 6.45) is 2.34. The molecule has 0 aliphatic rings. The fraction of sp³-hybridized carbons (Fsp3) is 0.900. The predicted octanol–water partition coefficient (Wildman–Crippen LogP) is 1.07. The highest BCUT2D eigenvalue weighted by atomic mass is 32.2. The van der Waals surface area contributed by atoms with Crippen LogP contribution in [0.25, 0.3) is 0 Å². The Morgan fingerprint density at radius 1 is 1.41 bits per heavy atom. The molecule has 0 bridgehead atoms. The van der Waals surface area contributed by atoms with Gasteiger partial charge in [0.2, 0.25) is 10.0 Å². The SMILES string of the molecule is CC(=O)SCCNS(C)(=O)=O.CCC.[3H]C([3H])NC. The van der Waals surface area contributed by atoms with Crippen molar-refractivity contribution in [2.24, 2.45) is 0 Å². The van der Waals surface area contributed by atoms with Crippen LogP contribution in [0.4, 0.5) is 0 Å². The van der Waals surface area contributed by atoms with Gasteiger partial charge in [0, 0.05) is 22.0 Å². The Morgan fingerprint density at radius 3 is 2.06 bits per heavy atom. The lowest BCUT2D eigenvalue weighted by Gasteiger charge is -1.98. The number of sulfonamides is 1.